The van der Waals surface area contributed by atoms with Gasteiger partial charge in [-0.2, -0.15) is 5.26 Å². The van der Waals surface area contributed by atoms with E-state index in [0.29, 0.717) is 0 Å². The minimum absolute atomic E-state index is 0.0440. The number of nitriles is 1. The Morgan fingerprint density at radius 2 is 2.38 bits per heavy atom. The molecular formula is C4H5N3O. The van der Waals surface area contributed by atoms with Crippen LogP contribution in [0.2, 0.25) is 0 Å². The number of carbonyl (C=O) groups is 1. The predicted octanol–water partition coefficient (Wildman–Crippen LogP) is -0.308. The first-order valence-electron chi connectivity index (χ1n) is 1.82. The normalized spacial score (nSPS) is 6.88. The second-order valence-electron chi connectivity index (χ2n) is 1.08. The van der Waals surface area contributed by atoms with E-state index in [0.717, 1.165) is 0 Å². The highest BCUT2D eigenvalue weighted by Gasteiger charge is 1.90. The number of nitrogens with zero attached hydrogens (tertiary/aromatic N) is 1. The lowest BCUT2D eigenvalue weighted by Gasteiger charge is -1.91. The molecule has 0 fully saturated rings. The van der Waals surface area contributed by atoms with Crippen LogP contribution in [-0.4, -0.2) is 6.03 Å². The van der Waals surface area contributed by atoms with Gasteiger partial charge in [0.1, 0.15) is 11.8 Å². The van der Waals surface area contributed by atoms with Crippen molar-refractivity contribution in [1.82, 2.24) is 5.32 Å². The first kappa shape index (κ1) is 6.50. The van der Waals surface area contributed by atoms with Crippen LogP contribution in [-0.2, 0) is 0 Å². The van der Waals surface area contributed by atoms with Gasteiger partial charge in [-0.25, -0.2) is 4.79 Å². The average Bonchev–Trinajstić information content (AvgIpc) is 1.65. The second-order valence-corrected chi connectivity index (χ2v) is 1.08. The van der Waals surface area contributed by atoms with E-state index < -0.39 is 6.03 Å². The van der Waals surface area contributed by atoms with Gasteiger partial charge < -0.3 is 5.73 Å². The summed E-state index contributed by atoms with van der Waals surface area (Å²) in [6, 6.07) is 0.823. The Balaban J connectivity index is 3.61. The summed E-state index contributed by atoms with van der Waals surface area (Å²) in [4.78, 5) is 9.87. The number of nitrogens with one attached hydrogen (secondary N) is 1. The van der Waals surface area contributed by atoms with Crippen molar-refractivity contribution in [2.75, 3.05) is 0 Å². The summed E-state index contributed by atoms with van der Waals surface area (Å²) >= 11 is 0. The lowest BCUT2D eigenvalue weighted by molar-refractivity contribution is 0.251. The number of hydrogen-bond acceptors (Lipinski definition) is 2. The maximum Gasteiger partial charge on any atom is 0.317 e. The molecule has 4 nitrogen and oxygen atoms in total. The number of carbonyl (C=O) groups excluding carboxylic acids is 1. The Labute approximate surface area is 46.6 Å². The molecule has 0 aromatic rings. The van der Waals surface area contributed by atoms with Crippen LogP contribution in [0.15, 0.2) is 12.3 Å². The van der Waals surface area contributed by atoms with E-state index in [-0.39, 0.29) is 5.70 Å². The van der Waals surface area contributed by atoms with Gasteiger partial charge in [-0.05, 0) is 0 Å². The van der Waals surface area contributed by atoms with Crippen LogP contribution in [0.3, 0.4) is 0 Å². The van der Waals surface area contributed by atoms with Crippen molar-refractivity contribution < 1.29 is 4.79 Å². The number of hydrogen-bond donors (Lipinski definition) is 2. The van der Waals surface area contributed by atoms with Gasteiger partial charge in [-0.3, -0.25) is 5.32 Å². The van der Waals surface area contributed by atoms with Gasteiger partial charge in [0.25, 0.3) is 0 Å². The highest BCUT2D eigenvalue weighted by Crippen LogP contribution is 1.74. The molecule has 0 rings (SSSR count). The number of nitrogens with two attached hydrogens (primary N) is 1. The fourth-order valence-electron chi connectivity index (χ4n) is 0.177. The van der Waals surface area contributed by atoms with Crippen molar-refractivity contribution >= 4 is 6.03 Å². The van der Waals surface area contributed by atoms with E-state index in [4.69, 9.17) is 5.26 Å². The molecule has 0 aromatic heterocycles. The third-order valence-corrected chi connectivity index (χ3v) is 0.409. The molecule has 8 heavy (non-hydrogen) atoms. The summed E-state index contributed by atoms with van der Waals surface area (Å²) < 4.78 is 0. The number of amides is 2. The Bertz CT molecular complexity index is 155. The van der Waals surface area contributed by atoms with E-state index in [1.165, 1.54) is 0 Å². The van der Waals surface area contributed by atoms with E-state index in [2.05, 4.69) is 12.3 Å². The minimum atomic E-state index is -0.767. The van der Waals surface area contributed by atoms with E-state index in [1.54, 1.807) is 6.07 Å². The molecule has 0 bridgehead atoms. The fourth-order valence-corrected chi connectivity index (χ4v) is 0.177. The highest BCUT2D eigenvalue weighted by atomic mass is 16.2. The zero-order chi connectivity index (χ0) is 6.57. The topological polar surface area (TPSA) is 78.9 Å². The minimum Gasteiger partial charge on any atom is -0.351 e. The summed E-state index contributed by atoms with van der Waals surface area (Å²) in [7, 11) is 0. The van der Waals surface area contributed by atoms with Crippen LogP contribution in [0.5, 0.6) is 0 Å². The molecule has 3 N–H and O–H groups in total. The van der Waals surface area contributed by atoms with Gasteiger partial charge in [0.15, 0.2) is 0 Å². The summed E-state index contributed by atoms with van der Waals surface area (Å²) in [6.07, 6.45) is 0. The Kier molecular flexibility index (Phi) is 2.14. The molecule has 0 radical (unpaired) electrons. The van der Waals surface area contributed by atoms with Crippen molar-refractivity contribution in [3.05, 3.63) is 12.3 Å². The van der Waals surface area contributed by atoms with Gasteiger partial charge in [0.05, 0.1) is 0 Å². The third-order valence-electron chi connectivity index (χ3n) is 0.409. The molecule has 0 aliphatic rings. The predicted molar refractivity (Wildman–Crippen MR) is 27.5 cm³/mol. The average molecular weight is 111 g/mol. The lowest BCUT2D eigenvalue weighted by atomic mass is 10.5. The monoisotopic (exact) mass is 111 g/mol. The van der Waals surface area contributed by atoms with E-state index >= 15 is 0 Å². The van der Waals surface area contributed by atoms with Crippen LogP contribution in [0.1, 0.15) is 0 Å². The van der Waals surface area contributed by atoms with Crippen molar-refractivity contribution in [2.45, 2.75) is 0 Å². The molecule has 0 saturated carbocycles. The highest BCUT2D eigenvalue weighted by molar-refractivity contribution is 5.74. The van der Waals surface area contributed by atoms with Gasteiger partial charge in [-0.15, -0.1) is 0 Å². The standard InChI is InChI=1S/C4H5N3O/c1-3(2-5)7-4(6)8/h1H2,(H3,6,7,8). The molecule has 0 aliphatic carbocycles. The summed E-state index contributed by atoms with van der Waals surface area (Å²) in [5, 5.41) is 9.94. The molecule has 0 saturated heterocycles. The zero-order valence-corrected chi connectivity index (χ0v) is 4.14. The smallest absolute Gasteiger partial charge is 0.317 e. The fraction of sp³-hybridized carbons (Fsp3) is 0. The first-order chi connectivity index (χ1) is 3.66. The summed E-state index contributed by atoms with van der Waals surface area (Å²) in [5.41, 5.74) is 4.56. The number of primary amides is 1. The third kappa shape index (κ3) is 2.72. The number of allylic oxidation sites excluding steroid dienone is 1. The molecule has 0 aliphatic heterocycles. The van der Waals surface area contributed by atoms with Gasteiger partial charge in [0.2, 0.25) is 0 Å². The van der Waals surface area contributed by atoms with Crippen LogP contribution >= 0.6 is 0 Å². The first-order valence-corrected chi connectivity index (χ1v) is 1.82. The molecule has 42 valence electrons. The van der Waals surface area contributed by atoms with E-state index in [1.807, 2.05) is 5.32 Å². The van der Waals surface area contributed by atoms with Crippen LogP contribution < -0.4 is 11.1 Å². The van der Waals surface area contributed by atoms with Crippen molar-refractivity contribution in [3.63, 3.8) is 0 Å². The largest absolute Gasteiger partial charge is 0.351 e. The zero-order valence-electron chi connectivity index (χ0n) is 4.14. The van der Waals surface area contributed by atoms with Crippen LogP contribution in [0.25, 0.3) is 0 Å². The quantitative estimate of drug-likeness (QED) is 0.455. The van der Waals surface area contributed by atoms with Gasteiger partial charge in [0, 0.05) is 0 Å². The lowest BCUT2D eigenvalue weighted by Crippen LogP contribution is -2.27. The molecule has 0 unspecified atom stereocenters. The number of rotatable bonds is 1. The van der Waals surface area contributed by atoms with E-state index in [9.17, 15) is 4.79 Å². The summed E-state index contributed by atoms with van der Waals surface area (Å²) in [6.45, 7) is 3.14. The molecule has 2 amide bonds. The number of urea groups is 1. The SMILES string of the molecule is C=C(C#N)NC(N)=O. The Morgan fingerprint density at radius 1 is 1.88 bits per heavy atom. The maximum absolute atomic E-state index is 9.87. The van der Waals surface area contributed by atoms with Gasteiger partial charge in [-0.1, -0.05) is 6.58 Å². The molecule has 0 atom stereocenters. The maximum atomic E-state index is 9.87. The molecular weight excluding hydrogens is 106 g/mol. The van der Waals surface area contributed by atoms with Crippen molar-refractivity contribution in [2.24, 2.45) is 5.73 Å². The van der Waals surface area contributed by atoms with Gasteiger partial charge >= 0.3 is 6.03 Å². The Hall–Kier alpha value is -1.50. The molecule has 0 spiro atoms. The van der Waals surface area contributed by atoms with Crippen LogP contribution in [0, 0.1) is 11.3 Å². The summed E-state index contributed by atoms with van der Waals surface area (Å²) in [5.74, 6) is 0. The Morgan fingerprint density at radius 3 is 2.50 bits per heavy atom. The van der Waals surface area contributed by atoms with Crippen LogP contribution in [0.4, 0.5) is 4.79 Å². The molecule has 0 heterocycles. The van der Waals surface area contributed by atoms with Crippen molar-refractivity contribution in [3.8, 4) is 6.07 Å². The molecule has 0 aromatic carbocycles. The molecule has 4 heteroatoms. The van der Waals surface area contributed by atoms with Crippen molar-refractivity contribution in [1.29, 1.82) is 5.26 Å². The second kappa shape index (κ2) is 2.64.